The molecule has 1 aliphatic rings. The zero-order valence-corrected chi connectivity index (χ0v) is 11.9. The molecule has 1 fully saturated rings. The van der Waals surface area contributed by atoms with Crippen LogP contribution in [-0.2, 0) is 9.59 Å². The molecule has 1 aromatic carbocycles. The number of rotatable bonds is 3. The second-order valence-corrected chi connectivity index (χ2v) is 4.82. The summed E-state index contributed by atoms with van der Waals surface area (Å²) in [6, 6.07) is 7.55. The Morgan fingerprint density at radius 1 is 1.30 bits per heavy atom. The minimum Gasteiger partial charge on any atom is -0.298 e. The lowest BCUT2D eigenvalue weighted by atomic mass is 10.1. The second kappa shape index (κ2) is 5.79. The molecule has 1 aromatic rings. The topological polar surface area (TPSA) is 49.4 Å². The molecule has 0 aromatic heterocycles. The van der Waals surface area contributed by atoms with E-state index >= 15 is 0 Å². The average Bonchev–Trinajstić information content (AvgIpc) is 2.41. The number of thiocarbonyl (C=S) groups is 1. The molecule has 5 heteroatoms. The first kappa shape index (κ1) is 14.1. The fraction of sp³-hybridized carbons (Fsp3) is 0.133. The normalized spacial score (nSPS) is 17.4. The first-order valence-electron chi connectivity index (χ1n) is 6.09. The van der Waals surface area contributed by atoms with Crippen LogP contribution in [0.4, 0.5) is 0 Å². The predicted molar refractivity (Wildman–Crippen MR) is 81.8 cm³/mol. The van der Waals surface area contributed by atoms with Crippen LogP contribution in [0.2, 0.25) is 0 Å². The summed E-state index contributed by atoms with van der Waals surface area (Å²) in [5, 5.41) is 2.62. The van der Waals surface area contributed by atoms with Gasteiger partial charge in [-0.15, -0.1) is 6.58 Å². The second-order valence-electron chi connectivity index (χ2n) is 4.43. The molecular weight excluding hydrogens is 272 g/mol. The maximum atomic E-state index is 12.3. The highest BCUT2D eigenvalue weighted by molar-refractivity contribution is 7.80. The summed E-state index contributed by atoms with van der Waals surface area (Å²) in [5.74, 6) is -0.875. The van der Waals surface area contributed by atoms with Gasteiger partial charge in [-0.1, -0.05) is 35.9 Å². The van der Waals surface area contributed by atoms with Crippen LogP contribution in [0, 0.1) is 6.92 Å². The van der Waals surface area contributed by atoms with Gasteiger partial charge in [-0.25, -0.2) is 0 Å². The van der Waals surface area contributed by atoms with Crippen LogP contribution in [0.5, 0.6) is 0 Å². The summed E-state index contributed by atoms with van der Waals surface area (Å²) in [5.41, 5.74) is 1.98. The van der Waals surface area contributed by atoms with Crippen LogP contribution in [-0.4, -0.2) is 28.4 Å². The molecule has 1 aliphatic heterocycles. The van der Waals surface area contributed by atoms with Crippen LogP contribution < -0.4 is 5.32 Å². The molecule has 0 radical (unpaired) electrons. The summed E-state index contributed by atoms with van der Waals surface area (Å²) in [7, 11) is 0. The molecule has 0 unspecified atom stereocenters. The van der Waals surface area contributed by atoms with Gasteiger partial charge in [-0.3, -0.25) is 19.8 Å². The highest BCUT2D eigenvalue weighted by atomic mass is 32.1. The Morgan fingerprint density at radius 3 is 2.55 bits per heavy atom. The number of nitrogens with zero attached hydrogens (tertiary/aromatic N) is 1. The van der Waals surface area contributed by atoms with Crippen molar-refractivity contribution in [2.24, 2.45) is 0 Å². The van der Waals surface area contributed by atoms with Crippen LogP contribution in [0.1, 0.15) is 11.1 Å². The van der Waals surface area contributed by atoms with E-state index in [-0.39, 0.29) is 17.2 Å². The Labute approximate surface area is 122 Å². The molecule has 20 heavy (non-hydrogen) atoms. The lowest BCUT2D eigenvalue weighted by molar-refractivity contribution is -0.128. The van der Waals surface area contributed by atoms with Crippen LogP contribution in [0.3, 0.4) is 0 Å². The van der Waals surface area contributed by atoms with Crippen LogP contribution in [0.25, 0.3) is 6.08 Å². The molecule has 0 atom stereocenters. The predicted octanol–water partition coefficient (Wildman–Crippen LogP) is 1.81. The van der Waals surface area contributed by atoms with E-state index in [0.29, 0.717) is 0 Å². The molecule has 1 saturated heterocycles. The Kier molecular flexibility index (Phi) is 4.10. The van der Waals surface area contributed by atoms with E-state index in [2.05, 4.69) is 11.9 Å². The van der Waals surface area contributed by atoms with Crippen molar-refractivity contribution in [3.63, 3.8) is 0 Å². The Morgan fingerprint density at radius 2 is 1.95 bits per heavy atom. The molecule has 0 aliphatic carbocycles. The maximum Gasteiger partial charge on any atom is 0.265 e. The van der Waals surface area contributed by atoms with Gasteiger partial charge in [0.2, 0.25) is 0 Å². The minimum absolute atomic E-state index is 0.0734. The number of hydrogen-bond acceptors (Lipinski definition) is 3. The van der Waals surface area contributed by atoms with Crippen molar-refractivity contribution in [2.75, 3.05) is 6.54 Å². The number of carbonyl (C=O) groups is 2. The van der Waals surface area contributed by atoms with Gasteiger partial charge in [0.1, 0.15) is 5.57 Å². The molecule has 102 valence electrons. The molecule has 2 rings (SSSR count). The number of aryl methyl sites for hydroxylation is 1. The summed E-state index contributed by atoms with van der Waals surface area (Å²) < 4.78 is 0. The summed E-state index contributed by atoms with van der Waals surface area (Å²) in [4.78, 5) is 25.5. The van der Waals surface area contributed by atoms with Crippen molar-refractivity contribution < 1.29 is 9.59 Å². The number of nitrogens with one attached hydrogen (secondary N) is 1. The van der Waals surface area contributed by atoms with E-state index in [0.717, 1.165) is 11.1 Å². The molecule has 4 nitrogen and oxygen atoms in total. The minimum atomic E-state index is -0.471. The number of carbonyl (C=O) groups excluding carboxylic acids is 2. The van der Waals surface area contributed by atoms with Gasteiger partial charge in [0, 0.05) is 6.54 Å². The summed E-state index contributed by atoms with van der Waals surface area (Å²) in [6.45, 7) is 5.81. The fourth-order valence-corrected chi connectivity index (χ4v) is 2.07. The Bertz CT molecular complexity index is 617. The van der Waals surface area contributed by atoms with Gasteiger partial charge in [0.15, 0.2) is 5.11 Å². The highest BCUT2D eigenvalue weighted by Gasteiger charge is 2.32. The Hall–Kier alpha value is -2.27. The van der Waals surface area contributed by atoms with Gasteiger partial charge < -0.3 is 0 Å². The number of benzene rings is 1. The van der Waals surface area contributed by atoms with Crippen LogP contribution >= 0.6 is 12.2 Å². The molecule has 0 spiro atoms. The third-order valence-electron chi connectivity index (χ3n) is 2.89. The Balaban J connectivity index is 2.36. The van der Waals surface area contributed by atoms with E-state index < -0.39 is 11.8 Å². The van der Waals surface area contributed by atoms with Crippen molar-refractivity contribution in [2.45, 2.75) is 6.92 Å². The van der Waals surface area contributed by atoms with Gasteiger partial charge in [0.05, 0.1) is 0 Å². The standard InChI is InChI=1S/C15H14N2O2S/c1-3-8-17-14(19)12(13(18)16-15(17)20)9-11-6-4-10(2)5-7-11/h3-7,9H,1,8H2,2H3,(H,16,18,20). The van der Waals surface area contributed by atoms with Gasteiger partial charge >= 0.3 is 0 Å². The summed E-state index contributed by atoms with van der Waals surface area (Å²) >= 11 is 4.98. The van der Waals surface area contributed by atoms with Crippen LogP contribution in [0.15, 0.2) is 42.5 Å². The monoisotopic (exact) mass is 286 g/mol. The summed E-state index contributed by atoms with van der Waals surface area (Å²) in [6.07, 6.45) is 3.13. The molecular formula is C15H14N2O2S. The van der Waals surface area contributed by atoms with Gasteiger partial charge in [-0.2, -0.15) is 0 Å². The van der Waals surface area contributed by atoms with E-state index in [1.165, 1.54) is 4.90 Å². The first-order chi connectivity index (χ1) is 9.52. The van der Waals surface area contributed by atoms with Gasteiger partial charge in [-0.05, 0) is 30.8 Å². The van der Waals surface area contributed by atoms with Crippen molar-refractivity contribution >= 4 is 35.2 Å². The maximum absolute atomic E-state index is 12.3. The van der Waals surface area contributed by atoms with Gasteiger partial charge in [0.25, 0.3) is 11.8 Å². The van der Waals surface area contributed by atoms with E-state index in [1.54, 1.807) is 12.2 Å². The first-order valence-corrected chi connectivity index (χ1v) is 6.50. The van der Waals surface area contributed by atoms with Crippen molar-refractivity contribution in [1.82, 2.24) is 10.2 Å². The molecule has 1 heterocycles. The lowest BCUT2D eigenvalue weighted by Gasteiger charge is -2.27. The molecule has 1 N–H and O–H groups in total. The largest absolute Gasteiger partial charge is 0.298 e. The highest BCUT2D eigenvalue weighted by Crippen LogP contribution is 2.15. The van der Waals surface area contributed by atoms with E-state index in [4.69, 9.17) is 12.2 Å². The van der Waals surface area contributed by atoms with Crippen molar-refractivity contribution in [1.29, 1.82) is 0 Å². The fourth-order valence-electron chi connectivity index (χ4n) is 1.82. The smallest absolute Gasteiger partial charge is 0.265 e. The molecule has 0 saturated carbocycles. The molecule has 0 bridgehead atoms. The third kappa shape index (κ3) is 2.83. The van der Waals surface area contributed by atoms with E-state index in [1.807, 2.05) is 31.2 Å². The third-order valence-corrected chi connectivity index (χ3v) is 3.21. The van der Waals surface area contributed by atoms with Crippen molar-refractivity contribution in [3.05, 3.63) is 53.6 Å². The number of amides is 2. The quantitative estimate of drug-likeness (QED) is 0.399. The zero-order valence-electron chi connectivity index (χ0n) is 11.1. The number of hydrogen-bond donors (Lipinski definition) is 1. The van der Waals surface area contributed by atoms with E-state index in [9.17, 15) is 9.59 Å². The zero-order chi connectivity index (χ0) is 14.7. The van der Waals surface area contributed by atoms with Crippen molar-refractivity contribution in [3.8, 4) is 0 Å². The average molecular weight is 286 g/mol. The molecule has 2 amide bonds. The SMILES string of the molecule is C=CCN1C(=O)C(=Cc2ccc(C)cc2)C(=O)NC1=S. The lowest BCUT2D eigenvalue weighted by Crippen LogP contribution is -2.53.